The van der Waals surface area contributed by atoms with Gasteiger partial charge in [-0.05, 0) is 48.3 Å². The molecule has 1 radical (unpaired) electrons. The summed E-state index contributed by atoms with van der Waals surface area (Å²) in [6.45, 7) is 2.33. The molecule has 0 nitrogen and oxygen atoms in total. The molecule has 1 heterocycles. The van der Waals surface area contributed by atoms with Gasteiger partial charge in [-0.2, -0.15) is 0 Å². The van der Waals surface area contributed by atoms with Crippen molar-refractivity contribution in [2.45, 2.75) is 94.7 Å². The van der Waals surface area contributed by atoms with Gasteiger partial charge in [0.05, 0.1) is 0 Å². The van der Waals surface area contributed by atoms with Gasteiger partial charge >= 0.3 is 0 Å². The molecule has 2 fully saturated rings. The minimum absolute atomic E-state index is 0.0918. The highest BCUT2D eigenvalue weighted by Gasteiger charge is 2.35. The van der Waals surface area contributed by atoms with Crippen molar-refractivity contribution in [3.63, 3.8) is 0 Å². The van der Waals surface area contributed by atoms with Crippen LogP contribution in [0.4, 0.5) is 4.39 Å². The molecule has 24 heavy (non-hydrogen) atoms. The molecule has 1 aliphatic carbocycles. The van der Waals surface area contributed by atoms with Crippen molar-refractivity contribution in [1.29, 1.82) is 0 Å². The molecule has 0 amide bonds. The molecule has 1 aromatic carbocycles. The molecule has 1 aromatic rings. The molecular formula is C22H34FSi. The predicted octanol–water partition coefficient (Wildman–Crippen LogP) is 7.12. The van der Waals surface area contributed by atoms with Crippen LogP contribution in [0.2, 0.25) is 18.1 Å². The van der Waals surface area contributed by atoms with Gasteiger partial charge in [-0.1, -0.05) is 82.1 Å². The van der Waals surface area contributed by atoms with Crippen LogP contribution in [0.3, 0.4) is 0 Å². The van der Waals surface area contributed by atoms with Crippen molar-refractivity contribution in [2.24, 2.45) is 5.92 Å². The van der Waals surface area contributed by atoms with E-state index in [-0.39, 0.29) is 14.6 Å². The Balaban J connectivity index is 1.60. The first kappa shape index (κ1) is 18.2. The monoisotopic (exact) mass is 345 g/mol. The van der Waals surface area contributed by atoms with Gasteiger partial charge in [0.15, 0.2) is 0 Å². The van der Waals surface area contributed by atoms with Gasteiger partial charge in [-0.3, -0.25) is 0 Å². The van der Waals surface area contributed by atoms with Crippen molar-refractivity contribution >= 4 is 8.80 Å². The second-order valence-corrected chi connectivity index (χ2v) is 11.3. The normalized spacial score (nSPS) is 22.6. The van der Waals surface area contributed by atoms with Crippen LogP contribution in [0.5, 0.6) is 0 Å². The summed E-state index contributed by atoms with van der Waals surface area (Å²) in [6.07, 6.45) is 14.0. The van der Waals surface area contributed by atoms with Crippen LogP contribution < -0.4 is 0 Å². The maximum Gasteiger partial charge on any atom is 0.123 e. The first-order valence-corrected chi connectivity index (χ1v) is 12.4. The fourth-order valence-electron chi connectivity index (χ4n) is 5.16. The Morgan fingerprint density at radius 2 is 1.71 bits per heavy atom. The summed E-state index contributed by atoms with van der Waals surface area (Å²) in [5, 5.41) is 0. The molecule has 0 bridgehead atoms. The lowest BCUT2D eigenvalue weighted by Crippen LogP contribution is -2.31. The summed E-state index contributed by atoms with van der Waals surface area (Å²) < 4.78 is 13.4. The van der Waals surface area contributed by atoms with E-state index in [1.54, 1.807) is 24.2 Å². The zero-order valence-electron chi connectivity index (χ0n) is 15.5. The topological polar surface area (TPSA) is 0 Å². The Morgan fingerprint density at radius 3 is 2.33 bits per heavy atom. The summed E-state index contributed by atoms with van der Waals surface area (Å²) in [5.74, 6) is 0.940. The molecule has 1 aliphatic heterocycles. The van der Waals surface area contributed by atoms with Crippen molar-refractivity contribution in [2.75, 3.05) is 0 Å². The molecule has 1 saturated heterocycles. The molecule has 0 spiro atoms. The van der Waals surface area contributed by atoms with Gasteiger partial charge in [-0.25, -0.2) is 4.39 Å². The zero-order valence-corrected chi connectivity index (χ0v) is 16.5. The average molecular weight is 346 g/mol. The Kier molecular flexibility index (Phi) is 6.54. The molecular weight excluding hydrogens is 311 g/mol. The lowest BCUT2D eigenvalue weighted by molar-refractivity contribution is 0.282. The van der Waals surface area contributed by atoms with Gasteiger partial charge in [0, 0.05) is 8.80 Å². The van der Waals surface area contributed by atoms with Gasteiger partial charge in [0.2, 0.25) is 0 Å². The lowest BCUT2D eigenvalue weighted by atomic mass is 9.68. The first-order chi connectivity index (χ1) is 11.7. The zero-order chi connectivity index (χ0) is 16.8. The van der Waals surface area contributed by atoms with Crippen LogP contribution in [0.25, 0.3) is 0 Å². The van der Waals surface area contributed by atoms with Crippen molar-refractivity contribution < 1.29 is 4.39 Å². The van der Waals surface area contributed by atoms with Crippen LogP contribution in [0.1, 0.15) is 76.7 Å². The second kappa shape index (κ2) is 8.65. The number of halogens is 1. The summed E-state index contributed by atoms with van der Waals surface area (Å²) in [6, 6.07) is 12.1. The molecule has 0 unspecified atom stereocenters. The fourth-order valence-corrected chi connectivity index (χ4v) is 8.38. The third kappa shape index (κ3) is 4.50. The Morgan fingerprint density at radius 1 is 1.04 bits per heavy atom. The van der Waals surface area contributed by atoms with E-state index in [1.165, 1.54) is 75.8 Å². The highest BCUT2D eigenvalue weighted by molar-refractivity contribution is 6.59. The second-order valence-electron chi connectivity index (χ2n) is 8.33. The van der Waals surface area contributed by atoms with Crippen LogP contribution >= 0.6 is 0 Å². The van der Waals surface area contributed by atoms with Crippen LogP contribution in [-0.4, -0.2) is 8.80 Å². The Labute approximate surface area is 149 Å². The third-order valence-electron chi connectivity index (χ3n) is 6.73. The van der Waals surface area contributed by atoms with E-state index in [4.69, 9.17) is 0 Å². The van der Waals surface area contributed by atoms with E-state index in [9.17, 15) is 4.39 Å². The lowest BCUT2D eigenvalue weighted by Gasteiger charge is -2.39. The van der Waals surface area contributed by atoms with E-state index in [0.717, 1.165) is 5.92 Å². The fraction of sp³-hybridized carbons (Fsp3) is 0.727. The number of benzene rings is 1. The number of rotatable bonds is 6. The van der Waals surface area contributed by atoms with Crippen LogP contribution in [0, 0.1) is 11.7 Å². The Bertz CT molecular complexity index is 481. The van der Waals surface area contributed by atoms with Crippen LogP contribution in [0.15, 0.2) is 24.3 Å². The largest absolute Gasteiger partial charge is 0.207 e. The summed E-state index contributed by atoms with van der Waals surface area (Å²) in [4.78, 5) is 0. The summed E-state index contributed by atoms with van der Waals surface area (Å²) >= 11 is 0. The smallest absolute Gasteiger partial charge is 0.123 e. The quantitative estimate of drug-likeness (QED) is 0.481. The highest BCUT2D eigenvalue weighted by atomic mass is 28.3. The number of hydrogen-bond donors (Lipinski definition) is 0. The van der Waals surface area contributed by atoms with E-state index in [0.29, 0.717) is 5.41 Å². The van der Waals surface area contributed by atoms with Crippen molar-refractivity contribution in [3.05, 3.63) is 35.6 Å². The van der Waals surface area contributed by atoms with Gasteiger partial charge < -0.3 is 0 Å². The Hall–Kier alpha value is -0.633. The van der Waals surface area contributed by atoms with Crippen molar-refractivity contribution in [3.8, 4) is 0 Å². The maximum atomic E-state index is 13.4. The predicted molar refractivity (Wildman–Crippen MR) is 104 cm³/mol. The summed E-state index contributed by atoms with van der Waals surface area (Å²) in [7, 11) is -0.124. The molecule has 0 N–H and O–H groups in total. The molecule has 0 atom stereocenters. The van der Waals surface area contributed by atoms with Gasteiger partial charge in [0.25, 0.3) is 0 Å². The van der Waals surface area contributed by atoms with Gasteiger partial charge in [-0.15, -0.1) is 0 Å². The molecule has 2 heteroatoms. The molecule has 133 valence electrons. The molecule has 3 rings (SSSR count). The minimum atomic E-state index is -0.124. The summed E-state index contributed by atoms with van der Waals surface area (Å²) in [5.41, 5.74) is 1.79. The average Bonchev–Trinajstić information content (AvgIpc) is 2.63. The first-order valence-electron chi connectivity index (χ1n) is 10.3. The van der Waals surface area contributed by atoms with E-state index >= 15 is 0 Å². The molecule has 1 saturated carbocycles. The molecule has 0 aromatic heterocycles. The maximum absolute atomic E-state index is 13.4. The van der Waals surface area contributed by atoms with Crippen LogP contribution in [-0.2, 0) is 5.41 Å². The van der Waals surface area contributed by atoms with Crippen molar-refractivity contribution in [1.82, 2.24) is 0 Å². The third-order valence-corrected chi connectivity index (χ3v) is 9.68. The molecule has 2 aliphatic rings. The number of hydrogen-bond acceptors (Lipinski definition) is 0. The van der Waals surface area contributed by atoms with E-state index in [1.807, 2.05) is 0 Å². The van der Waals surface area contributed by atoms with E-state index < -0.39 is 0 Å². The standard InChI is InChI=1S/C22H34FSi/c1-2-6-19-11-16-24(17-12-19)18-15-22(13-4-3-5-14-22)20-7-9-21(23)10-8-20/h7-10,19H,2-6,11-18H2,1H3. The minimum Gasteiger partial charge on any atom is -0.207 e. The van der Waals surface area contributed by atoms with E-state index in [2.05, 4.69) is 19.1 Å². The SMILES string of the molecule is CCCC1CC[Si](CCC2(c3ccc(F)cc3)CCCCC2)CC1. The highest BCUT2D eigenvalue weighted by Crippen LogP contribution is 2.44. The van der Waals surface area contributed by atoms with Gasteiger partial charge in [0.1, 0.15) is 5.82 Å².